The van der Waals surface area contributed by atoms with Crippen LogP contribution in [0, 0.1) is 10.1 Å². The second-order valence-electron chi connectivity index (χ2n) is 7.50. The fourth-order valence-corrected chi connectivity index (χ4v) is 3.47. The number of nitrogens with zero attached hydrogens (tertiary/aromatic N) is 4. The Balaban J connectivity index is 2.48. The summed E-state index contributed by atoms with van der Waals surface area (Å²) in [6.45, 7) is 0.428. The van der Waals surface area contributed by atoms with Gasteiger partial charge < -0.3 is 24.2 Å². The van der Waals surface area contributed by atoms with Gasteiger partial charge in [0.25, 0.3) is 0 Å². The van der Waals surface area contributed by atoms with E-state index in [9.17, 15) is 15.2 Å². The molecule has 2 aromatic carbocycles. The number of ether oxygens (including phenoxy) is 1. The number of methoxy groups -OCH3 is 1. The number of aromatic nitrogens is 1. The van der Waals surface area contributed by atoms with E-state index in [1.807, 2.05) is 54.7 Å². The van der Waals surface area contributed by atoms with Crippen LogP contribution in [0.25, 0.3) is 22.7 Å². The molecule has 0 atom stereocenters. The standard InChI is InChI=1S/C22H26N4O4/c1-23(2)13-12-19-22(26(28)29)17-10-11-20(27)18(14-24(3)4)21(17)25(19)15-6-8-16(30-5)9-7-15/h6-13,27H,14H2,1-5H3. The largest absolute Gasteiger partial charge is 0.508 e. The van der Waals surface area contributed by atoms with Crippen LogP contribution in [0.5, 0.6) is 11.5 Å². The van der Waals surface area contributed by atoms with Crippen molar-refractivity contribution in [2.45, 2.75) is 6.54 Å². The Morgan fingerprint density at radius 1 is 1.13 bits per heavy atom. The third-order valence-electron chi connectivity index (χ3n) is 4.74. The molecule has 0 aliphatic carbocycles. The van der Waals surface area contributed by atoms with Gasteiger partial charge in [0.15, 0.2) is 0 Å². The Hall–Kier alpha value is -3.52. The van der Waals surface area contributed by atoms with Crippen molar-refractivity contribution >= 4 is 22.7 Å². The molecule has 1 heterocycles. The molecule has 158 valence electrons. The summed E-state index contributed by atoms with van der Waals surface area (Å²) in [5.74, 6) is 0.785. The van der Waals surface area contributed by atoms with Gasteiger partial charge >= 0.3 is 5.69 Å². The number of fused-ring (bicyclic) bond motifs is 1. The van der Waals surface area contributed by atoms with E-state index in [-0.39, 0.29) is 16.4 Å². The van der Waals surface area contributed by atoms with Gasteiger partial charge in [0, 0.05) is 38.1 Å². The Labute approximate surface area is 175 Å². The van der Waals surface area contributed by atoms with Gasteiger partial charge in [-0.15, -0.1) is 0 Å². The van der Waals surface area contributed by atoms with Gasteiger partial charge in [-0.1, -0.05) is 0 Å². The van der Waals surface area contributed by atoms with Gasteiger partial charge in [-0.05, 0) is 56.6 Å². The number of nitro groups is 1. The first-order valence-corrected chi connectivity index (χ1v) is 9.42. The van der Waals surface area contributed by atoms with Gasteiger partial charge in [0.2, 0.25) is 0 Å². The second kappa shape index (κ2) is 8.46. The highest BCUT2D eigenvalue weighted by Crippen LogP contribution is 2.41. The number of benzene rings is 2. The molecule has 0 bridgehead atoms. The first-order valence-electron chi connectivity index (χ1n) is 9.42. The van der Waals surface area contributed by atoms with Gasteiger partial charge in [-0.3, -0.25) is 10.1 Å². The fourth-order valence-electron chi connectivity index (χ4n) is 3.47. The maximum Gasteiger partial charge on any atom is 0.302 e. The molecule has 30 heavy (non-hydrogen) atoms. The average molecular weight is 410 g/mol. The molecule has 8 heteroatoms. The summed E-state index contributed by atoms with van der Waals surface area (Å²) in [4.78, 5) is 15.5. The van der Waals surface area contributed by atoms with Crippen molar-refractivity contribution in [2.24, 2.45) is 0 Å². The zero-order chi connectivity index (χ0) is 22.0. The van der Waals surface area contributed by atoms with E-state index in [1.165, 1.54) is 6.07 Å². The molecule has 1 aromatic heterocycles. The van der Waals surface area contributed by atoms with Crippen LogP contribution in [0.1, 0.15) is 11.3 Å². The molecule has 0 unspecified atom stereocenters. The van der Waals surface area contributed by atoms with E-state index in [2.05, 4.69) is 0 Å². The smallest absolute Gasteiger partial charge is 0.302 e. The fraction of sp³-hybridized carbons (Fsp3) is 0.273. The summed E-state index contributed by atoms with van der Waals surface area (Å²) in [5.41, 5.74) is 2.40. The number of rotatable bonds is 7. The van der Waals surface area contributed by atoms with Crippen LogP contribution in [-0.4, -0.2) is 59.7 Å². The first kappa shape index (κ1) is 21.2. The van der Waals surface area contributed by atoms with E-state index < -0.39 is 0 Å². The van der Waals surface area contributed by atoms with Gasteiger partial charge in [0.05, 0.1) is 22.9 Å². The van der Waals surface area contributed by atoms with Gasteiger partial charge in [-0.2, -0.15) is 0 Å². The average Bonchev–Trinajstić information content (AvgIpc) is 3.03. The van der Waals surface area contributed by atoms with Crippen LogP contribution in [-0.2, 0) is 6.54 Å². The lowest BCUT2D eigenvalue weighted by Crippen LogP contribution is -2.12. The highest BCUT2D eigenvalue weighted by molar-refractivity contribution is 5.99. The SMILES string of the molecule is COc1ccc(-n2c(C=CN(C)C)c([N+](=O)[O-])c3ccc(O)c(CN(C)C)c32)cc1. The summed E-state index contributed by atoms with van der Waals surface area (Å²) in [6, 6.07) is 10.4. The summed E-state index contributed by atoms with van der Waals surface area (Å²) in [5, 5.41) is 23.2. The predicted molar refractivity (Wildman–Crippen MR) is 118 cm³/mol. The number of aromatic hydroxyl groups is 1. The molecule has 3 rings (SSSR count). The van der Waals surface area contributed by atoms with Crippen molar-refractivity contribution < 1.29 is 14.8 Å². The number of hydrogen-bond donors (Lipinski definition) is 1. The van der Waals surface area contributed by atoms with Gasteiger partial charge in [0.1, 0.15) is 17.2 Å². The Bertz CT molecular complexity index is 1100. The quantitative estimate of drug-likeness (QED) is 0.471. The lowest BCUT2D eigenvalue weighted by Gasteiger charge is -2.16. The Morgan fingerprint density at radius 3 is 2.33 bits per heavy atom. The van der Waals surface area contributed by atoms with E-state index in [0.29, 0.717) is 34.5 Å². The molecule has 1 N–H and O–H groups in total. The predicted octanol–water partition coefficient (Wildman–Crippen LogP) is 3.85. The highest BCUT2D eigenvalue weighted by Gasteiger charge is 2.28. The summed E-state index contributed by atoms with van der Waals surface area (Å²) < 4.78 is 7.08. The van der Waals surface area contributed by atoms with Crippen LogP contribution in [0.4, 0.5) is 5.69 Å². The minimum Gasteiger partial charge on any atom is -0.508 e. The van der Waals surface area contributed by atoms with Crippen LogP contribution in [0.15, 0.2) is 42.6 Å². The zero-order valence-electron chi connectivity index (χ0n) is 17.8. The maximum atomic E-state index is 12.1. The van der Waals surface area contributed by atoms with Crippen LogP contribution >= 0.6 is 0 Å². The summed E-state index contributed by atoms with van der Waals surface area (Å²) in [6.07, 6.45) is 3.49. The Kier molecular flexibility index (Phi) is 5.98. The normalized spacial score (nSPS) is 11.5. The molecule has 3 aromatic rings. The first-order chi connectivity index (χ1) is 14.2. The van der Waals surface area contributed by atoms with E-state index in [4.69, 9.17) is 4.74 Å². The number of phenolic OH excluding ortho intramolecular Hbond substituents is 1. The van der Waals surface area contributed by atoms with Gasteiger partial charge in [-0.25, -0.2) is 0 Å². The maximum absolute atomic E-state index is 12.1. The van der Waals surface area contributed by atoms with Crippen molar-refractivity contribution in [3.63, 3.8) is 0 Å². The Morgan fingerprint density at radius 2 is 1.80 bits per heavy atom. The molecule has 0 aliphatic heterocycles. The van der Waals surface area contributed by atoms with Crippen LogP contribution < -0.4 is 4.74 Å². The van der Waals surface area contributed by atoms with E-state index >= 15 is 0 Å². The molecule has 0 radical (unpaired) electrons. The molecule has 0 fully saturated rings. The molecule has 0 saturated carbocycles. The third-order valence-corrected chi connectivity index (χ3v) is 4.74. The molecular formula is C22H26N4O4. The molecule has 0 amide bonds. The molecule has 8 nitrogen and oxygen atoms in total. The zero-order valence-corrected chi connectivity index (χ0v) is 17.8. The van der Waals surface area contributed by atoms with Crippen molar-refractivity contribution in [3.8, 4) is 17.2 Å². The molecular weight excluding hydrogens is 384 g/mol. The number of phenols is 1. The van der Waals surface area contributed by atoms with Crippen molar-refractivity contribution in [1.29, 1.82) is 0 Å². The highest BCUT2D eigenvalue weighted by atomic mass is 16.6. The van der Waals surface area contributed by atoms with Crippen molar-refractivity contribution in [2.75, 3.05) is 35.3 Å². The monoisotopic (exact) mass is 410 g/mol. The molecule has 0 saturated heterocycles. The van der Waals surface area contributed by atoms with Crippen molar-refractivity contribution in [3.05, 3.63) is 64.0 Å². The third kappa shape index (κ3) is 3.95. The molecule has 0 spiro atoms. The number of hydrogen-bond acceptors (Lipinski definition) is 6. The molecule has 0 aliphatic rings. The summed E-state index contributed by atoms with van der Waals surface area (Å²) >= 11 is 0. The lowest BCUT2D eigenvalue weighted by atomic mass is 10.1. The van der Waals surface area contributed by atoms with E-state index in [1.54, 1.807) is 37.6 Å². The van der Waals surface area contributed by atoms with Crippen molar-refractivity contribution in [1.82, 2.24) is 14.4 Å². The topological polar surface area (TPSA) is 84.0 Å². The van der Waals surface area contributed by atoms with Crippen LogP contribution in [0.3, 0.4) is 0 Å². The lowest BCUT2D eigenvalue weighted by molar-refractivity contribution is -0.383. The van der Waals surface area contributed by atoms with Crippen LogP contribution in [0.2, 0.25) is 0 Å². The van der Waals surface area contributed by atoms with E-state index in [0.717, 1.165) is 5.69 Å². The minimum atomic E-state index is -0.367. The minimum absolute atomic E-state index is 0.000996. The second-order valence-corrected chi connectivity index (χ2v) is 7.50. The summed E-state index contributed by atoms with van der Waals surface area (Å²) in [7, 11) is 9.07.